The highest BCUT2D eigenvalue weighted by atomic mass is 35.5. The first kappa shape index (κ1) is 22.9. The maximum absolute atomic E-state index is 13.5. The third-order valence-corrected chi connectivity index (χ3v) is 6.71. The number of carboxylic acid groups (broad SMARTS) is 1. The number of nitrogens with zero attached hydrogens (tertiary/aromatic N) is 1. The number of rotatable bonds is 7. The number of para-hydroxylation sites is 1. The number of aromatic nitrogens is 2. The van der Waals surface area contributed by atoms with Gasteiger partial charge in [-0.05, 0) is 62.1 Å². The van der Waals surface area contributed by atoms with E-state index in [1.807, 2.05) is 36.4 Å². The van der Waals surface area contributed by atoms with E-state index in [0.717, 1.165) is 18.5 Å². The van der Waals surface area contributed by atoms with Crippen LogP contribution in [0.2, 0.25) is 5.02 Å². The van der Waals surface area contributed by atoms with Crippen LogP contribution in [0.4, 0.5) is 5.69 Å². The predicted octanol–water partition coefficient (Wildman–Crippen LogP) is 6.29. The molecule has 5 rings (SSSR count). The first-order valence-corrected chi connectivity index (χ1v) is 11.9. The molecule has 2 aromatic heterocycles. The predicted molar refractivity (Wildman–Crippen MR) is 134 cm³/mol. The van der Waals surface area contributed by atoms with Gasteiger partial charge in [-0.3, -0.25) is 9.59 Å². The van der Waals surface area contributed by atoms with E-state index >= 15 is 0 Å². The van der Waals surface area contributed by atoms with Crippen LogP contribution in [0.3, 0.4) is 0 Å². The van der Waals surface area contributed by atoms with Crippen LogP contribution < -0.4 is 10.1 Å². The van der Waals surface area contributed by atoms with Gasteiger partial charge < -0.3 is 20.1 Å². The molecule has 0 aliphatic heterocycles. The number of fused-ring (bicyclic) bond motifs is 1. The molecule has 3 N–H and O–H groups in total. The summed E-state index contributed by atoms with van der Waals surface area (Å²) in [4.78, 5) is 32.2. The summed E-state index contributed by atoms with van der Waals surface area (Å²) in [5, 5.41) is 13.8. The van der Waals surface area contributed by atoms with E-state index in [9.17, 15) is 14.7 Å². The number of halogens is 1. The van der Waals surface area contributed by atoms with Crippen LogP contribution in [0, 0.1) is 5.92 Å². The highest BCUT2D eigenvalue weighted by molar-refractivity contribution is 6.32. The molecule has 1 aliphatic rings. The molecule has 0 atom stereocenters. The monoisotopic (exact) mass is 489 g/mol. The van der Waals surface area contributed by atoms with Crippen LogP contribution in [-0.2, 0) is 4.79 Å². The minimum Gasteiger partial charge on any atom is -0.481 e. The minimum atomic E-state index is -0.730. The Morgan fingerprint density at radius 2 is 1.83 bits per heavy atom. The average Bonchev–Trinajstić information content (AvgIpc) is 3.31. The molecule has 4 aromatic rings. The van der Waals surface area contributed by atoms with Crippen molar-refractivity contribution in [3.63, 3.8) is 0 Å². The third kappa shape index (κ3) is 4.86. The number of ether oxygens (including phenoxy) is 1. The summed E-state index contributed by atoms with van der Waals surface area (Å²) < 4.78 is 5.82. The molecule has 35 heavy (non-hydrogen) atoms. The van der Waals surface area contributed by atoms with Crippen molar-refractivity contribution in [1.82, 2.24) is 9.97 Å². The Morgan fingerprint density at radius 1 is 1.06 bits per heavy atom. The van der Waals surface area contributed by atoms with Crippen molar-refractivity contribution in [1.29, 1.82) is 0 Å². The lowest BCUT2D eigenvalue weighted by Crippen LogP contribution is -2.29. The summed E-state index contributed by atoms with van der Waals surface area (Å²) in [6.45, 7) is 0. The first-order valence-electron chi connectivity index (χ1n) is 11.5. The summed E-state index contributed by atoms with van der Waals surface area (Å²) in [5.74, 6) is -0.0747. The summed E-state index contributed by atoms with van der Waals surface area (Å²) >= 11 is 6.45. The van der Waals surface area contributed by atoms with Gasteiger partial charge >= 0.3 is 5.97 Å². The van der Waals surface area contributed by atoms with Gasteiger partial charge in [0.05, 0.1) is 21.9 Å². The molecule has 7 nitrogen and oxygen atoms in total. The van der Waals surface area contributed by atoms with Crippen LogP contribution in [-0.4, -0.2) is 32.9 Å². The van der Waals surface area contributed by atoms with E-state index < -0.39 is 5.97 Å². The Bertz CT molecular complexity index is 1380. The SMILES string of the molecule is O=C(c1ccc(Oc2ccccc2)c(Cl)c1)c1c[nH]c2nccc(N[C@H]3CC[C@H](C(=O)O)CC3)c12. The number of carboxylic acids is 1. The number of H-pyrrole nitrogens is 1. The lowest BCUT2D eigenvalue weighted by molar-refractivity contribution is -0.142. The molecule has 178 valence electrons. The molecule has 0 saturated heterocycles. The fraction of sp³-hybridized carbons (Fsp3) is 0.222. The molecular formula is C27H24ClN3O4. The van der Waals surface area contributed by atoms with Gasteiger partial charge in [0.2, 0.25) is 0 Å². The zero-order chi connectivity index (χ0) is 24.4. The van der Waals surface area contributed by atoms with Crippen molar-refractivity contribution in [2.24, 2.45) is 5.92 Å². The molecule has 1 aliphatic carbocycles. The van der Waals surface area contributed by atoms with E-state index in [-0.39, 0.29) is 17.7 Å². The average molecular weight is 490 g/mol. The summed E-state index contributed by atoms with van der Waals surface area (Å²) in [5.41, 5.74) is 2.33. The molecule has 0 spiro atoms. The minimum absolute atomic E-state index is 0.137. The lowest BCUT2D eigenvalue weighted by atomic mass is 9.86. The number of pyridine rings is 1. The number of nitrogens with one attached hydrogen (secondary N) is 2. The zero-order valence-electron chi connectivity index (χ0n) is 18.8. The molecule has 2 aromatic carbocycles. The van der Waals surface area contributed by atoms with Crippen LogP contribution in [0.5, 0.6) is 11.5 Å². The standard InChI is InChI=1S/C27H24ClN3O4/c28-21-14-17(8-11-23(21)35-19-4-2-1-3-5-19)25(32)20-15-30-26-24(20)22(12-13-29-26)31-18-9-6-16(7-10-18)27(33)34/h1-5,8,11-16,18H,6-7,9-10H2,(H,33,34)(H2,29,30,31)/t16-,18-. The Kier molecular flexibility index (Phi) is 6.42. The molecule has 2 heterocycles. The van der Waals surface area contributed by atoms with E-state index in [1.54, 1.807) is 30.6 Å². The number of aliphatic carboxylic acids is 1. The Labute approximate surface area is 207 Å². The molecular weight excluding hydrogens is 466 g/mol. The number of anilines is 1. The van der Waals surface area contributed by atoms with E-state index in [1.165, 1.54) is 0 Å². The summed E-state index contributed by atoms with van der Waals surface area (Å²) in [7, 11) is 0. The number of ketones is 1. The van der Waals surface area contributed by atoms with Gasteiger partial charge in [0.15, 0.2) is 5.78 Å². The second-order valence-corrected chi connectivity index (χ2v) is 9.11. The summed E-state index contributed by atoms with van der Waals surface area (Å²) in [6.07, 6.45) is 6.13. The maximum Gasteiger partial charge on any atom is 0.306 e. The first-order chi connectivity index (χ1) is 17.0. The van der Waals surface area contributed by atoms with Crippen molar-refractivity contribution >= 4 is 40.1 Å². The van der Waals surface area contributed by atoms with Crippen molar-refractivity contribution in [2.45, 2.75) is 31.7 Å². The molecule has 1 saturated carbocycles. The second-order valence-electron chi connectivity index (χ2n) is 8.71. The van der Waals surface area contributed by atoms with E-state index in [2.05, 4.69) is 15.3 Å². The van der Waals surface area contributed by atoms with Crippen molar-refractivity contribution in [3.8, 4) is 11.5 Å². The highest BCUT2D eigenvalue weighted by Gasteiger charge is 2.27. The van der Waals surface area contributed by atoms with Crippen LogP contribution in [0.1, 0.15) is 41.6 Å². The Hall–Kier alpha value is -3.84. The molecule has 0 amide bonds. The molecule has 0 bridgehead atoms. The van der Waals surface area contributed by atoms with Crippen molar-refractivity contribution in [3.05, 3.63) is 83.1 Å². The summed E-state index contributed by atoms with van der Waals surface area (Å²) in [6, 6.07) is 16.3. The van der Waals surface area contributed by atoms with Crippen molar-refractivity contribution in [2.75, 3.05) is 5.32 Å². The number of aromatic amines is 1. The number of carbonyl (C=O) groups excluding carboxylic acids is 1. The van der Waals surface area contributed by atoms with E-state index in [4.69, 9.17) is 16.3 Å². The molecule has 0 radical (unpaired) electrons. The number of hydrogen-bond donors (Lipinski definition) is 3. The zero-order valence-corrected chi connectivity index (χ0v) is 19.6. The second kappa shape index (κ2) is 9.80. The Morgan fingerprint density at radius 3 is 2.54 bits per heavy atom. The van der Waals surface area contributed by atoms with E-state index in [0.29, 0.717) is 51.5 Å². The van der Waals surface area contributed by atoms with Gasteiger partial charge in [0.25, 0.3) is 0 Å². The van der Waals surface area contributed by atoms with Gasteiger partial charge in [-0.25, -0.2) is 4.98 Å². The Balaban J connectivity index is 1.39. The van der Waals surface area contributed by atoms with Crippen LogP contribution in [0.15, 0.2) is 67.0 Å². The maximum atomic E-state index is 13.5. The number of carbonyl (C=O) groups is 2. The van der Waals surface area contributed by atoms with Crippen LogP contribution in [0.25, 0.3) is 11.0 Å². The van der Waals surface area contributed by atoms with Gasteiger partial charge in [0.1, 0.15) is 17.1 Å². The van der Waals surface area contributed by atoms with Gasteiger partial charge in [0, 0.05) is 29.7 Å². The normalized spacial score (nSPS) is 17.7. The fourth-order valence-corrected chi connectivity index (χ4v) is 4.78. The third-order valence-electron chi connectivity index (χ3n) is 6.42. The van der Waals surface area contributed by atoms with Gasteiger partial charge in [-0.15, -0.1) is 0 Å². The van der Waals surface area contributed by atoms with Crippen LogP contribution >= 0.6 is 11.6 Å². The topological polar surface area (TPSA) is 104 Å². The molecule has 8 heteroatoms. The van der Waals surface area contributed by atoms with Gasteiger partial charge in [-0.2, -0.15) is 0 Å². The largest absolute Gasteiger partial charge is 0.481 e. The fourth-order valence-electron chi connectivity index (χ4n) is 4.56. The molecule has 1 fully saturated rings. The smallest absolute Gasteiger partial charge is 0.306 e. The highest BCUT2D eigenvalue weighted by Crippen LogP contribution is 2.34. The van der Waals surface area contributed by atoms with Gasteiger partial charge in [-0.1, -0.05) is 29.8 Å². The lowest BCUT2D eigenvalue weighted by Gasteiger charge is -2.28. The van der Waals surface area contributed by atoms with Crippen molar-refractivity contribution < 1.29 is 19.4 Å². The number of hydrogen-bond acceptors (Lipinski definition) is 5. The quantitative estimate of drug-likeness (QED) is 0.263. The molecule has 0 unspecified atom stereocenters. The number of benzene rings is 2.